The summed E-state index contributed by atoms with van der Waals surface area (Å²) in [4.78, 5) is 18.4. The minimum absolute atomic E-state index is 0.0925. The maximum absolute atomic E-state index is 11.2. The third-order valence-corrected chi connectivity index (χ3v) is 6.29. The quantitative estimate of drug-likeness (QED) is 0.286. The van der Waals surface area contributed by atoms with Crippen molar-refractivity contribution in [2.75, 3.05) is 39.3 Å². The maximum atomic E-state index is 11.2. The van der Waals surface area contributed by atoms with Gasteiger partial charge in [0.1, 0.15) is 0 Å². The Hall–Kier alpha value is -1.30. The molecule has 1 saturated carbocycles. The lowest BCUT2D eigenvalue weighted by molar-refractivity contribution is -0.123. The summed E-state index contributed by atoms with van der Waals surface area (Å²) in [6.07, 6.45) is 13.9. The molecule has 2 rings (SSSR count). The van der Waals surface area contributed by atoms with Crippen LogP contribution in [0.1, 0.15) is 77.6 Å². The number of primary amides is 1. The molecule has 0 radical (unpaired) electrons. The van der Waals surface area contributed by atoms with Gasteiger partial charge in [0, 0.05) is 25.6 Å². The van der Waals surface area contributed by atoms with Crippen LogP contribution in [0.4, 0.5) is 0 Å². The first-order chi connectivity index (χ1) is 13.7. The minimum Gasteiger partial charge on any atom is -0.369 e. The van der Waals surface area contributed by atoms with E-state index in [-0.39, 0.29) is 11.8 Å². The van der Waals surface area contributed by atoms with E-state index in [2.05, 4.69) is 22.5 Å². The van der Waals surface area contributed by atoms with E-state index in [4.69, 9.17) is 10.7 Å². The second kappa shape index (κ2) is 13.8. The summed E-state index contributed by atoms with van der Waals surface area (Å²) in [6, 6.07) is 0. The Morgan fingerprint density at radius 2 is 1.79 bits per heavy atom. The first-order valence-electron chi connectivity index (χ1n) is 11.7. The molecule has 4 N–H and O–H groups in total. The van der Waals surface area contributed by atoms with Crippen LogP contribution in [-0.2, 0) is 4.79 Å². The van der Waals surface area contributed by atoms with Gasteiger partial charge in [-0.25, -0.2) is 0 Å². The Labute approximate surface area is 172 Å². The summed E-state index contributed by atoms with van der Waals surface area (Å²) in [5.41, 5.74) is 5.40. The van der Waals surface area contributed by atoms with E-state index in [1.165, 1.54) is 51.4 Å². The van der Waals surface area contributed by atoms with Crippen molar-refractivity contribution in [3.05, 3.63) is 0 Å². The number of amides is 1. The topological polar surface area (TPSA) is 82.8 Å². The average Bonchev–Trinajstić information content (AvgIpc) is 2.72. The fraction of sp³-hybridized carbons (Fsp3) is 0.909. The van der Waals surface area contributed by atoms with Crippen molar-refractivity contribution in [3.8, 4) is 0 Å². The highest BCUT2D eigenvalue weighted by atomic mass is 16.1. The van der Waals surface area contributed by atoms with Crippen LogP contribution in [0, 0.1) is 11.8 Å². The van der Waals surface area contributed by atoms with Crippen molar-refractivity contribution < 1.29 is 4.79 Å². The Bertz CT molecular complexity index is 454. The van der Waals surface area contributed by atoms with Gasteiger partial charge in [0.25, 0.3) is 0 Å². The lowest BCUT2D eigenvalue weighted by atomic mass is 9.86. The van der Waals surface area contributed by atoms with Gasteiger partial charge in [-0.05, 0) is 71.0 Å². The summed E-state index contributed by atoms with van der Waals surface area (Å²) in [5.74, 6) is 1.88. The van der Waals surface area contributed by atoms with Crippen LogP contribution in [0.15, 0.2) is 4.99 Å². The molecule has 6 heteroatoms. The Kier molecular flexibility index (Phi) is 11.3. The largest absolute Gasteiger partial charge is 0.369 e. The zero-order chi connectivity index (χ0) is 20.0. The number of aliphatic imine (C=N–C) groups is 1. The standard InChI is InChI=1S/C22H43N5O/c1-2-24-22(26-15-8-11-19-9-4-3-5-10-19)25-14-6-7-16-27-17-12-20(13-18-27)21(23)28/h19-20H,2-18H2,1H3,(H2,23,28)(H2,24,25,26). The highest BCUT2D eigenvalue weighted by molar-refractivity contribution is 5.79. The van der Waals surface area contributed by atoms with Crippen molar-refractivity contribution >= 4 is 11.9 Å². The van der Waals surface area contributed by atoms with Gasteiger partial charge in [-0.15, -0.1) is 0 Å². The number of carbonyl (C=O) groups excluding carboxylic acids is 1. The summed E-state index contributed by atoms with van der Waals surface area (Å²) in [7, 11) is 0. The highest BCUT2D eigenvalue weighted by Gasteiger charge is 2.22. The first kappa shape index (κ1) is 23.0. The molecule has 1 amide bonds. The van der Waals surface area contributed by atoms with Gasteiger partial charge in [0.15, 0.2) is 5.96 Å². The molecule has 0 spiro atoms. The predicted molar refractivity (Wildman–Crippen MR) is 117 cm³/mol. The molecule has 162 valence electrons. The van der Waals surface area contributed by atoms with E-state index < -0.39 is 0 Å². The molecular weight excluding hydrogens is 350 g/mol. The molecule has 1 aliphatic heterocycles. The van der Waals surface area contributed by atoms with E-state index in [9.17, 15) is 4.79 Å². The van der Waals surface area contributed by atoms with Crippen molar-refractivity contribution in [3.63, 3.8) is 0 Å². The number of piperidine rings is 1. The molecule has 0 aromatic rings. The predicted octanol–water partition coefficient (Wildman–Crippen LogP) is 2.88. The lowest BCUT2D eigenvalue weighted by Crippen LogP contribution is -2.39. The van der Waals surface area contributed by atoms with Crippen LogP contribution >= 0.6 is 0 Å². The molecule has 2 aliphatic rings. The molecule has 1 heterocycles. The molecule has 6 nitrogen and oxygen atoms in total. The van der Waals surface area contributed by atoms with Crippen molar-refractivity contribution in [1.82, 2.24) is 15.5 Å². The zero-order valence-corrected chi connectivity index (χ0v) is 18.1. The summed E-state index contributed by atoms with van der Waals surface area (Å²) in [5, 5.41) is 6.84. The SMILES string of the molecule is CCNC(=NCCCC1CCCCC1)NCCCCN1CCC(C(N)=O)CC1. The second-order valence-electron chi connectivity index (χ2n) is 8.56. The van der Waals surface area contributed by atoms with E-state index in [0.717, 1.165) is 70.4 Å². The Morgan fingerprint density at radius 3 is 2.46 bits per heavy atom. The fourth-order valence-electron chi connectivity index (χ4n) is 4.50. The van der Waals surface area contributed by atoms with Crippen LogP contribution in [0.25, 0.3) is 0 Å². The van der Waals surface area contributed by atoms with Gasteiger partial charge in [-0.1, -0.05) is 32.1 Å². The van der Waals surface area contributed by atoms with Gasteiger partial charge in [0.2, 0.25) is 5.91 Å². The summed E-state index contributed by atoms with van der Waals surface area (Å²) in [6.45, 7) is 8.05. The highest BCUT2D eigenvalue weighted by Crippen LogP contribution is 2.27. The third-order valence-electron chi connectivity index (χ3n) is 6.29. The second-order valence-corrected chi connectivity index (χ2v) is 8.56. The lowest BCUT2D eigenvalue weighted by Gasteiger charge is -2.30. The number of unbranched alkanes of at least 4 members (excludes halogenated alkanes) is 1. The monoisotopic (exact) mass is 393 g/mol. The molecule has 1 aliphatic carbocycles. The minimum atomic E-state index is -0.127. The summed E-state index contributed by atoms with van der Waals surface area (Å²) >= 11 is 0. The van der Waals surface area contributed by atoms with Crippen LogP contribution in [-0.4, -0.2) is 56.0 Å². The van der Waals surface area contributed by atoms with Gasteiger partial charge in [-0.2, -0.15) is 0 Å². The van der Waals surface area contributed by atoms with Crippen molar-refractivity contribution in [2.45, 2.75) is 77.6 Å². The smallest absolute Gasteiger partial charge is 0.220 e. The molecule has 28 heavy (non-hydrogen) atoms. The molecule has 2 fully saturated rings. The third kappa shape index (κ3) is 9.26. The molecule has 0 unspecified atom stereocenters. The van der Waals surface area contributed by atoms with Crippen molar-refractivity contribution in [2.24, 2.45) is 22.6 Å². The fourth-order valence-corrected chi connectivity index (χ4v) is 4.50. The van der Waals surface area contributed by atoms with E-state index in [1.807, 2.05) is 0 Å². The number of guanidine groups is 1. The Morgan fingerprint density at radius 1 is 1.04 bits per heavy atom. The Balaban J connectivity index is 1.52. The van der Waals surface area contributed by atoms with Gasteiger partial charge in [0.05, 0.1) is 0 Å². The van der Waals surface area contributed by atoms with Crippen LogP contribution in [0.2, 0.25) is 0 Å². The van der Waals surface area contributed by atoms with Gasteiger partial charge < -0.3 is 21.3 Å². The number of nitrogens with two attached hydrogens (primary N) is 1. The molecule has 0 bridgehead atoms. The zero-order valence-electron chi connectivity index (χ0n) is 18.1. The van der Waals surface area contributed by atoms with Crippen LogP contribution in [0.5, 0.6) is 0 Å². The number of nitrogens with one attached hydrogen (secondary N) is 2. The van der Waals surface area contributed by atoms with Gasteiger partial charge in [-0.3, -0.25) is 9.79 Å². The normalized spacial score (nSPS) is 20.2. The molecule has 1 saturated heterocycles. The van der Waals surface area contributed by atoms with Crippen LogP contribution < -0.4 is 16.4 Å². The molecule has 0 aromatic heterocycles. The van der Waals surface area contributed by atoms with E-state index in [1.54, 1.807) is 0 Å². The van der Waals surface area contributed by atoms with E-state index in [0.29, 0.717) is 0 Å². The maximum Gasteiger partial charge on any atom is 0.220 e. The van der Waals surface area contributed by atoms with Crippen molar-refractivity contribution in [1.29, 1.82) is 0 Å². The van der Waals surface area contributed by atoms with E-state index >= 15 is 0 Å². The van der Waals surface area contributed by atoms with Crippen LogP contribution in [0.3, 0.4) is 0 Å². The number of nitrogens with zero attached hydrogens (tertiary/aromatic N) is 2. The number of hydrogen-bond donors (Lipinski definition) is 3. The molecular formula is C22H43N5O. The molecule has 0 atom stereocenters. The summed E-state index contributed by atoms with van der Waals surface area (Å²) < 4.78 is 0. The average molecular weight is 394 g/mol. The number of hydrogen-bond acceptors (Lipinski definition) is 3. The number of likely N-dealkylation sites (tertiary alicyclic amines) is 1. The molecule has 0 aromatic carbocycles. The first-order valence-corrected chi connectivity index (χ1v) is 11.7. The number of carbonyl (C=O) groups is 1. The number of rotatable bonds is 11. The van der Waals surface area contributed by atoms with Gasteiger partial charge >= 0.3 is 0 Å².